The van der Waals surface area contributed by atoms with Crippen LogP contribution in [0.25, 0.3) is 0 Å². The summed E-state index contributed by atoms with van der Waals surface area (Å²) >= 11 is 5.91. The van der Waals surface area contributed by atoms with Crippen molar-refractivity contribution in [3.05, 3.63) is 46.6 Å². The SMILES string of the molecule is CC/C=C(\CC)N(Cc1ccc(Cl)cc1)CC(C)C(=O)O. The molecule has 1 N–H and O–H groups in total. The third kappa shape index (κ3) is 5.80. The standard InChI is InChI=1S/C17H24ClNO2/c1-4-6-16(5-2)19(11-13(3)17(20)21)12-14-7-9-15(18)10-8-14/h6-10,13H,4-5,11-12H2,1-3H3,(H,20,21)/b16-6+. The van der Waals surface area contributed by atoms with Crippen LogP contribution in [-0.2, 0) is 11.3 Å². The van der Waals surface area contributed by atoms with Gasteiger partial charge in [-0.3, -0.25) is 4.79 Å². The molecule has 1 rings (SSSR count). The van der Waals surface area contributed by atoms with Crippen molar-refractivity contribution in [1.29, 1.82) is 0 Å². The average Bonchev–Trinajstić information content (AvgIpc) is 2.46. The summed E-state index contributed by atoms with van der Waals surface area (Å²) in [5.74, 6) is -1.16. The van der Waals surface area contributed by atoms with Crippen LogP contribution >= 0.6 is 11.6 Å². The lowest BCUT2D eigenvalue weighted by atomic mass is 10.1. The number of halogens is 1. The van der Waals surface area contributed by atoms with Gasteiger partial charge in [0.05, 0.1) is 5.92 Å². The van der Waals surface area contributed by atoms with Gasteiger partial charge in [-0.1, -0.05) is 50.6 Å². The third-order valence-electron chi connectivity index (χ3n) is 3.41. The molecule has 0 spiro atoms. The average molecular weight is 310 g/mol. The number of carboxylic acids is 1. The summed E-state index contributed by atoms with van der Waals surface area (Å²) in [4.78, 5) is 13.3. The van der Waals surface area contributed by atoms with Crippen molar-refractivity contribution in [2.24, 2.45) is 5.92 Å². The molecule has 4 heteroatoms. The van der Waals surface area contributed by atoms with E-state index in [9.17, 15) is 4.79 Å². The summed E-state index contributed by atoms with van der Waals surface area (Å²) in [5, 5.41) is 9.87. The molecular weight excluding hydrogens is 286 g/mol. The first-order chi connectivity index (χ1) is 9.97. The number of hydrogen-bond donors (Lipinski definition) is 1. The van der Waals surface area contributed by atoms with Gasteiger partial charge in [0.1, 0.15) is 0 Å². The fourth-order valence-electron chi connectivity index (χ4n) is 2.23. The van der Waals surface area contributed by atoms with Crippen LogP contribution in [0, 0.1) is 5.92 Å². The van der Waals surface area contributed by atoms with Crippen LogP contribution in [0.4, 0.5) is 0 Å². The highest BCUT2D eigenvalue weighted by Crippen LogP contribution is 2.18. The lowest BCUT2D eigenvalue weighted by molar-refractivity contribution is -0.141. The van der Waals surface area contributed by atoms with E-state index in [0.717, 1.165) is 18.4 Å². The molecule has 0 saturated heterocycles. The first-order valence-electron chi connectivity index (χ1n) is 7.39. The summed E-state index contributed by atoms with van der Waals surface area (Å²) in [6.07, 6.45) is 4.01. The van der Waals surface area contributed by atoms with Crippen LogP contribution in [0.3, 0.4) is 0 Å². The van der Waals surface area contributed by atoms with Gasteiger partial charge in [0.25, 0.3) is 0 Å². The molecule has 116 valence electrons. The molecule has 1 aromatic rings. The molecule has 0 heterocycles. The lowest BCUT2D eigenvalue weighted by Crippen LogP contribution is -2.31. The molecule has 0 bridgehead atoms. The second-order valence-corrected chi connectivity index (χ2v) is 5.64. The highest BCUT2D eigenvalue weighted by Gasteiger charge is 2.17. The molecule has 0 radical (unpaired) electrons. The number of benzene rings is 1. The van der Waals surface area contributed by atoms with Crippen molar-refractivity contribution in [3.63, 3.8) is 0 Å². The zero-order valence-electron chi connectivity index (χ0n) is 13.0. The lowest BCUT2D eigenvalue weighted by Gasteiger charge is -2.29. The van der Waals surface area contributed by atoms with E-state index in [0.29, 0.717) is 18.1 Å². The van der Waals surface area contributed by atoms with E-state index in [2.05, 4.69) is 24.8 Å². The van der Waals surface area contributed by atoms with E-state index in [1.54, 1.807) is 6.92 Å². The van der Waals surface area contributed by atoms with Gasteiger partial charge in [-0.15, -0.1) is 0 Å². The van der Waals surface area contributed by atoms with Crippen molar-refractivity contribution >= 4 is 17.6 Å². The minimum absolute atomic E-state index is 0.399. The molecule has 0 amide bonds. The molecule has 1 unspecified atom stereocenters. The van der Waals surface area contributed by atoms with Crippen molar-refractivity contribution in [1.82, 2.24) is 4.90 Å². The van der Waals surface area contributed by atoms with E-state index in [1.165, 1.54) is 5.70 Å². The van der Waals surface area contributed by atoms with Crippen LogP contribution < -0.4 is 0 Å². The van der Waals surface area contributed by atoms with Gasteiger partial charge in [0.15, 0.2) is 0 Å². The Labute approximate surface area is 132 Å². The normalized spacial score (nSPS) is 13.0. The Bertz CT molecular complexity index is 482. The first kappa shape index (κ1) is 17.6. The molecule has 3 nitrogen and oxygen atoms in total. The van der Waals surface area contributed by atoms with E-state index < -0.39 is 11.9 Å². The molecular formula is C17H24ClNO2. The van der Waals surface area contributed by atoms with E-state index in [4.69, 9.17) is 16.7 Å². The zero-order valence-corrected chi connectivity index (χ0v) is 13.7. The minimum atomic E-state index is -0.761. The van der Waals surface area contributed by atoms with Crippen LogP contribution in [-0.4, -0.2) is 22.5 Å². The zero-order chi connectivity index (χ0) is 15.8. The third-order valence-corrected chi connectivity index (χ3v) is 3.66. The number of hydrogen-bond acceptors (Lipinski definition) is 2. The van der Waals surface area contributed by atoms with Crippen molar-refractivity contribution < 1.29 is 9.90 Å². The maximum Gasteiger partial charge on any atom is 0.308 e. The maximum atomic E-state index is 11.1. The minimum Gasteiger partial charge on any atom is -0.481 e. The number of carboxylic acid groups (broad SMARTS) is 1. The molecule has 21 heavy (non-hydrogen) atoms. The first-order valence-corrected chi connectivity index (χ1v) is 7.76. The summed E-state index contributed by atoms with van der Waals surface area (Å²) in [5.41, 5.74) is 2.33. The molecule has 1 atom stereocenters. The van der Waals surface area contributed by atoms with Crippen LogP contribution in [0.2, 0.25) is 5.02 Å². The van der Waals surface area contributed by atoms with E-state index in [-0.39, 0.29) is 0 Å². The van der Waals surface area contributed by atoms with Gasteiger partial charge in [0.2, 0.25) is 0 Å². The highest BCUT2D eigenvalue weighted by molar-refractivity contribution is 6.30. The number of allylic oxidation sites excluding steroid dienone is 2. The molecule has 0 aliphatic heterocycles. The molecule has 1 aromatic carbocycles. The highest BCUT2D eigenvalue weighted by atomic mass is 35.5. The van der Waals surface area contributed by atoms with Crippen LogP contribution in [0.15, 0.2) is 36.0 Å². The largest absolute Gasteiger partial charge is 0.481 e. The van der Waals surface area contributed by atoms with Gasteiger partial charge in [-0.25, -0.2) is 0 Å². The predicted molar refractivity (Wildman–Crippen MR) is 87.3 cm³/mol. The van der Waals surface area contributed by atoms with Gasteiger partial charge in [0, 0.05) is 23.8 Å². The second-order valence-electron chi connectivity index (χ2n) is 5.20. The second kappa shape index (κ2) is 8.73. The van der Waals surface area contributed by atoms with Crippen molar-refractivity contribution in [2.75, 3.05) is 6.54 Å². The number of rotatable bonds is 8. The summed E-state index contributed by atoms with van der Waals surface area (Å²) in [6.45, 7) is 7.15. The van der Waals surface area contributed by atoms with Crippen molar-refractivity contribution in [3.8, 4) is 0 Å². The van der Waals surface area contributed by atoms with Gasteiger partial charge in [-0.2, -0.15) is 0 Å². The number of aliphatic carboxylic acids is 1. The molecule has 0 aliphatic carbocycles. The molecule has 0 fully saturated rings. The topological polar surface area (TPSA) is 40.5 Å². The Morgan fingerprint density at radius 2 is 1.95 bits per heavy atom. The maximum absolute atomic E-state index is 11.1. The van der Waals surface area contributed by atoms with Gasteiger partial charge < -0.3 is 10.0 Å². The Balaban J connectivity index is 2.92. The Morgan fingerprint density at radius 1 is 1.33 bits per heavy atom. The Hall–Kier alpha value is -1.48. The summed E-state index contributed by atoms with van der Waals surface area (Å²) in [6, 6.07) is 7.70. The number of carbonyl (C=O) groups is 1. The molecule has 0 aliphatic rings. The monoisotopic (exact) mass is 309 g/mol. The van der Waals surface area contributed by atoms with E-state index in [1.807, 2.05) is 24.3 Å². The number of nitrogens with zero attached hydrogens (tertiary/aromatic N) is 1. The van der Waals surface area contributed by atoms with E-state index >= 15 is 0 Å². The summed E-state index contributed by atoms with van der Waals surface area (Å²) < 4.78 is 0. The van der Waals surface area contributed by atoms with Crippen LogP contribution in [0.1, 0.15) is 39.2 Å². The quantitative estimate of drug-likeness (QED) is 0.765. The Kier molecular flexibility index (Phi) is 7.30. The fourth-order valence-corrected chi connectivity index (χ4v) is 2.36. The fraction of sp³-hybridized carbons (Fsp3) is 0.471. The predicted octanol–water partition coefficient (Wildman–Crippen LogP) is 4.57. The van der Waals surface area contributed by atoms with Gasteiger partial charge >= 0.3 is 5.97 Å². The smallest absolute Gasteiger partial charge is 0.308 e. The Morgan fingerprint density at radius 3 is 2.43 bits per heavy atom. The molecule has 0 saturated carbocycles. The van der Waals surface area contributed by atoms with Crippen molar-refractivity contribution in [2.45, 2.75) is 40.2 Å². The molecule has 0 aromatic heterocycles. The van der Waals surface area contributed by atoms with Gasteiger partial charge in [-0.05, 0) is 30.5 Å². The summed E-state index contributed by atoms with van der Waals surface area (Å²) in [7, 11) is 0. The van der Waals surface area contributed by atoms with Crippen LogP contribution in [0.5, 0.6) is 0 Å².